The summed E-state index contributed by atoms with van der Waals surface area (Å²) < 4.78 is 0. The van der Waals surface area contributed by atoms with Crippen LogP contribution in [-0.4, -0.2) is 37.5 Å². The topological polar surface area (TPSA) is 77.7 Å². The average molecular weight is 301 g/mol. The van der Waals surface area contributed by atoms with Crippen LogP contribution in [0.5, 0.6) is 0 Å². The lowest BCUT2D eigenvalue weighted by Gasteiger charge is -2.23. The fourth-order valence-corrected chi connectivity index (χ4v) is 3.27. The summed E-state index contributed by atoms with van der Waals surface area (Å²) >= 11 is 0. The molecule has 0 bridgehead atoms. The number of carbonyl (C=O) groups excluding carboxylic acids is 1. The van der Waals surface area contributed by atoms with Gasteiger partial charge in [-0.15, -0.1) is 0 Å². The minimum absolute atomic E-state index is 0.104. The molecule has 2 aromatic rings. The highest BCUT2D eigenvalue weighted by atomic mass is 16.2. The molecule has 1 aliphatic rings. The Balaban J connectivity index is 1.66. The highest BCUT2D eigenvalue weighted by Gasteiger charge is 2.31. The van der Waals surface area contributed by atoms with Gasteiger partial charge in [0.1, 0.15) is 5.82 Å². The van der Waals surface area contributed by atoms with E-state index in [4.69, 9.17) is 0 Å². The van der Waals surface area contributed by atoms with E-state index in [-0.39, 0.29) is 11.9 Å². The van der Waals surface area contributed by atoms with Gasteiger partial charge >= 0.3 is 0 Å². The molecule has 1 atom stereocenters. The summed E-state index contributed by atoms with van der Waals surface area (Å²) in [6.45, 7) is 6.80. The number of H-pyrrole nitrogens is 2. The fraction of sp³-hybridized carbons (Fsp3) is 0.562. The zero-order valence-electron chi connectivity index (χ0n) is 13.4. The van der Waals surface area contributed by atoms with Gasteiger partial charge in [-0.1, -0.05) is 0 Å². The van der Waals surface area contributed by atoms with Crippen LogP contribution in [0.3, 0.4) is 0 Å². The first-order valence-corrected chi connectivity index (χ1v) is 7.87. The number of rotatable bonds is 4. The number of aromatic nitrogens is 4. The number of amides is 1. The number of nitrogens with one attached hydrogen (secondary N) is 2. The van der Waals surface area contributed by atoms with Gasteiger partial charge in [0.2, 0.25) is 5.91 Å². The molecule has 0 unspecified atom stereocenters. The van der Waals surface area contributed by atoms with Gasteiger partial charge in [0.25, 0.3) is 0 Å². The first-order chi connectivity index (χ1) is 10.6. The third-order valence-electron chi connectivity index (χ3n) is 4.48. The number of carbonyl (C=O) groups is 1. The molecule has 6 heteroatoms. The van der Waals surface area contributed by atoms with Crippen molar-refractivity contribution in [3.05, 3.63) is 34.7 Å². The number of aryl methyl sites for hydroxylation is 3. The molecule has 1 amide bonds. The van der Waals surface area contributed by atoms with Crippen LogP contribution in [0.15, 0.2) is 6.20 Å². The molecule has 22 heavy (non-hydrogen) atoms. The summed E-state index contributed by atoms with van der Waals surface area (Å²) in [7, 11) is 0. The summed E-state index contributed by atoms with van der Waals surface area (Å²) in [5.41, 5.74) is 4.26. The van der Waals surface area contributed by atoms with E-state index in [1.54, 1.807) is 0 Å². The van der Waals surface area contributed by atoms with Crippen molar-refractivity contribution >= 4 is 5.91 Å². The highest BCUT2D eigenvalue weighted by Crippen LogP contribution is 2.31. The van der Waals surface area contributed by atoms with Crippen molar-refractivity contribution < 1.29 is 4.79 Å². The zero-order chi connectivity index (χ0) is 15.7. The monoisotopic (exact) mass is 301 g/mol. The summed E-state index contributed by atoms with van der Waals surface area (Å²) in [5, 5.41) is 7.17. The average Bonchev–Trinajstić information content (AvgIpc) is 3.18. The minimum atomic E-state index is 0.104. The van der Waals surface area contributed by atoms with Gasteiger partial charge in [-0.3, -0.25) is 9.89 Å². The number of hydrogen-bond donors (Lipinski definition) is 2. The predicted octanol–water partition coefficient (Wildman–Crippen LogP) is 2.35. The van der Waals surface area contributed by atoms with Crippen LogP contribution < -0.4 is 0 Å². The maximum Gasteiger partial charge on any atom is 0.223 e. The number of hydrogen-bond acceptors (Lipinski definition) is 3. The van der Waals surface area contributed by atoms with Gasteiger partial charge in [0.15, 0.2) is 0 Å². The highest BCUT2D eigenvalue weighted by molar-refractivity contribution is 5.77. The van der Waals surface area contributed by atoms with Gasteiger partial charge in [0, 0.05) is 30.6 Å². The lowest BCUT2D eigenvalue weighted by molar-refractivity contribution is -0.132. The van der Waals surface area contributed by atoms with E-state index in [1.807, 2.05) is 31.9 Å². The molecular weight excluding hydrogens is 278 g/mol. The van der Waals surface area contributed by atoms with E-state index >= 15 is 0 Å². The second kappa shape index (κ2) is 5.94. The molecule has 1 fully saturated rings. The zero-order valence-corrected chi connectivity index (χ0v) is 13.4. The van der Waals surface area contributed by atoms with Crippen molar-refractivity contribution in [1.29, 1.82) is 0 Å². The lowest BCUT2D eigenvalue weighted by Crippen LogP contribution is -2.31. The summed E-state index contributed by atoms with van der Waals surface area (Å²) in [5.74, 6) is 1.12. The third-order valence-corrected chi connectivity index (χ3v) is 4.48. The first kappa shape index (κ1) is 14.8. The molecule has 118 valence electrons. The van der Waals surface area contributed by atoms with E-state index < -0.39 is 0 Å². The molecule has 0 spiro atoms. The van der Waals surface area contributed by atoms with Gasteiger partial charge in [0.05, 0.1) is 11.7 Å². The third kappa shape index (κ3) is 2.77. The standard InChI is InChI=1S/C16H23N5O/c1-10-9-17-16(18-10)14-5-4-8-21(14)15(22)7-6-13-11(2)19-20-12(13)3/h9,14H,4-8H2,1-3H3,(H,17,18)(H,19,20)/t14-/m0/s1. The Hall–Kier alpha value is -2.11. The van der Waals surface area contributed by atoms with Crippen molar-refractivity contribution in [2.45, 2.75) is 52.5 Å². The molecule has 2 N–H and O–H groups in total. The number of nitrogens with zero attached hydrogens (tertiary/aromatic N) is 3. The Morgan fingerprint density at radius 1 is 1.41 bits per heavy atom. The first-order valence-electron chi connectivity index (χ1n) is 7.87. The smallest absolute Gasteiger partial charge is 0.223 e. The molecule has 0 saturated carbocycles. The van der Waals surface area contributed by atoms with Crippen LogP contribution in [0.2, 0.25) is 0 Å². The number of aromatic amines is 2. The van der Waals surface area contributed by atoms with Crippen LogP contribution in [0.4, 0.5) is 0 Å². The summed E-state index contributed by atoms with van der Waals surface area (Å²) in [4.78, 5) is 22.3. The largest absolute Gasteiger partial charge is 0.344 e. The van der Waals surface area contributed by atoms with Crippen LogP contribution >= 0.6 is 0 Å². The second-order valence-corrected chi connectivity index (χ2v) is 6.11. The molecule has 6 nitrogen and oxygen atoms in total. The summed E-state index contributed by atoms with van der Waals surface area (Å²) in [6.07, 6.45) is 5.13. The molecule has 1 saturated heterocycles. The predicted molar refractivity (Wildman–Crippen MR) is 83.4 cm³/mol. The van der Waals surface area contributed by atoms with Crippen molar-refractivity contribution in [3.63, 3.8) is 0 Å². The Kier molecular flexibility index (Phi) is 4.00. The van der Waals surface area contributed by atoms with Gasteiger partial charge < -0.3 is 9.88 Å². The minimum Gasteiger partial charge on any atom is -0.344 e. The molecule has 0 aromatic carbocycles. The molecule has 0 aliphatic carbocycles. The van der Waals surface area contributed by atoms with Crippen LogP contribution in [0.25, 0.3) is 0 Å². The number of imidazole rings is 1. The van der Waals surface area contributed by atoms with Crippen molar-refractivity contribution in [2.24, 2.45) is 0 Å². The van der Waals surface area contributed by atoms with Crippen LogP contribution in [0.1, 0.15) is 53.8 Å². The molecule has 3 heterocycles. The van der Waals surface area contributed by atoms with E-state index in [2.05, 4.69) is 20.2 Å². The second-order valence-electron chi connectivity index (χ2n) is 6.11. The molecule has 0 radical (unpaired) electrons. The maximum atomic E-state index is 12.6. The summed E-state index contributed by atoms with van der Waals surface area (Å²) in [6, 6.07) is 0.104. The molecule has 2 aromatic heterocycles. The normalized spacial score (nSPS) is 18.1. The van der Waals surface area contributed by atoms with Gasteiger partial charge in [-0.25, -0.2) is 4.98 Å². The van der Waals surface area contributed by atoms with E-state index in [0.29, 0.717) is 6.42 Å². The van der Waals surface area contributed by atoms with Crippen molar-refractivity contribution in [2.75, 3.05) is 6.54 Å². The van der Waals surface area contributed by atoms with Crippen LogP contribution in [0, 0.1) is 20.8 Å². The van der Waals surface area contributed by atoms with E-state index in [0.717, 1.165) is 54.3 Å². The molecule has 3 rings (SSSR count). The van der Waals surface area contributed by atoms with Crippen molar-refractivity contribution in [1.82, 2.24) is 25.1 Å². The maximum absolute atomic E-state index is 12.6. The van der Waals surface area contributed by atoms with Crippen LogP contribution in [-0.2, 0) is 11.2 Å². The lowest BCUT2D eigenvalue weighted by atomic mass is 10.1. The molecular formula is C16H23N5O. The van der Waals surface area contributed by atoms with Crippen molar-refractivity contribution in [3.8, 4) is 0 Å². The Morgan fingerprint density at radius 3 is 2.86 bits per heavy atom. The Morgan fingerprint density at radius 2 is 2.23 bits per heavy atom. The fourth-order valence-electron chi connectivity index (χ4n) is 3.27. The van der Waals surface area contributed by atoms with Gasteiger partial charge in [-0.2, -0.15) is 5.10 Å². The SMILES string of the molecule is Cc1cnc([C@@H]2CCCN2C(=O)CCc2c(C)n[nH]c2C)[nH]1. The van der Waals surface area contributed by atoms with E-state index in [9.17, 15) is 4.79 Å². The Bertz CT molecular complexity index is 652. The van der Waals surface area contributed by atoms with E-state index in [1.165, 1.54) is 0 Å². The molecule has 1 aliphatic heterocycles. The Labute approximate surface area is 130 Å². The number of likely N-dealkylation sites (tertiary alicyclic amines) is 1. The quantitative estimate of drug-likeness (QED) is 0.910. The van der Waals surface area contributed by atoms with Gasteiger partial charge in [-0.05, 0) is 45.6 Å².